The molecular formula is C12H28N2. The summed E-state index contributed by atoms with van der Waals surface area (Å²) in [6, 6.07) is 1.21. The van der Waals surface area contributed by atoms with Crippen molar-refractivity contribution < 1.29 is 0 Å². The summed E-state index contributed by atoms with van der Waals surface area (Å²) >= 11 is 0. The molecule has 0 radical (unpaired) electrons. The van der Waals surface area contributed by atoms with Gasteiger partial charge in [0.15, 0.2) is 0 Å². The van der Waals surface area contributed by atoms with E-state index < -0.39 is 0 Å². The summed E-state index contributed by atoms with van der Waals surface area (Å²) in [5.41, 5.74) is 0. The molecule has 2 unspecified atom stereocenters. The molecule has 0 aromatic rings. The Hall–Kier alpha value is -0.0800. The van der Waals surface area contributed by atoms with Crippen molar-refractivity contribution in [2.24, 2.45) is 5.92 Å². The molecule has 0 bridgehead atoms. The maximum absolute atomic E-state index is 3.49. The number of likely N-dealkylation sites (N-methyl/N-ethyl adjacent to an activating group) is 2. The highest BCUT2D eigenvalue weighted by atomic mass is 15.2. The van der Waals surface area contributed by atoms with Crippen LogP contribution in [0.1, 0.15) is 41.5 Å². The van der Waals surface area contributed by atoms with Crippen LogP contribution in [0.2, 0.25) is 0 Å². The molecule has 2 nitrogen and oxygen atoms in total. The van der Waals surface area contributed by atoms with Crippen LogP contribution in [0, 0.1) is 5.92 Å². The lowest BCUT2D eigenvalue weighted by molar-refractivity contribution is 0.165. The van der Waals surface area contributed by atoms with Crippen molar-refractivity contribution >= 4 is 0 Å². The molecule has 0 aromatic carbocycles. The molecule has 14 heavy (non-hydrogen) atoms. The fourth-order valence-corrected chi connectivity index (χ4v) is 1.86. The molecule has 86 valence electrons. The highest BCUT2D eigenvalue weighted by molar-refractivity contribution is 4.77. The van der Waals surface area contributed by atoms with E-state index in [4.69, 9.17) is 0 Å². The largest absolute Gasteiger partial charge is 0.313 e. The molecule has 0 rings (SSSR count). The number of nitrogens with one attached hydrogen (secondary N) is 1. The van der Waals surface area contributed by atoms with Crippen molar-refractivity contribution in [3.05, 3.63) is 0 Å². The summed E-state index contributed by atoms with van der Waals surface area (Å²) in [5, 5.41) is 3.49. The Morgan fingerprint density at radius 3 is 2.00 bits per heavy atom. The Bertz CT molecular complexity index is 134. The first-order chi connectivity index (χ1) is 6.52. The van der Waals surface area contributed by atoms with Gasteiger partial charge < -0.3 is 5.32 Å². The molecule has 0 heterocycles. The van der Waals surface area contributed by atoms with Crippen LogP contribution in [-0.4, -0.2) is 36.6 Å². The minimum absolute atomic E-state index is 0.582. The Kier molecular flexibility index (Phi) is 7.20. The summed E-state index contributed by atoms with van der Waals surface area (Å²) in [6.45, 7) is 17.0. The zero-order chi connectivity index (χ0) is 11.1. The maximum Gasteiger partial charge on any atom is 0.0218 e. The SMILES string of the molecule is CCNC(C)C(C)N(CC)CC(C)C. The Labute approximate surface area is 90.1 Å². The van der Waals surface area contributed by atoms with Crippen molar-refractivity contribution in [1.29, 1.82) is 0 Å². The normalized spacial score (nSPS) is 16.3. The van der Waals surface area contributed by atoms with Crippen LogP contribution in [0.15, 0.2) is 0 Å². The first-order valence-corrected chi connectivity index (χ1v) is 6.00. The number of nitrogens with zero attached hydrogens (tertiary/aromatic N) is 1. The van der Waals surface area contributed by atoms with Gasteiger partial charge in [-0.2, -0.15) is 0 Å². The molecule has 0 fully saturated rings. The van der Waals surface area contributed by atoms with Gasteiger partial charge in [-0.25, -0.2) is 0 Å². The molecule has 0 aliphatic carbocycles. The Morgan fingerprint density at radius 2 is 1.64 bits per heavy atom. The summed E-state index contributed by atoms with van der Waals surface area (Å²) in [5.74, 6) is 0.756. The van der Waals surface area contributed by atoms with Crippen LogP contribution in [0.25, 0.3) is 0 Å². The van der Waals surface area contributed by atoms with E-state index in [-0.39, 0.29) is 0 Å². The van der Waals surface area contributed by atoms with E-state index in [1.165, 1.54) is 6.54 Å². The zero-order valence-corrected chi connectivity index (χ0v) is 10.8. The third-order valence-corrected chi connectivity index (χ3v) is 2.83. The predicted molar refractivity (Wildman–Crippen MR) is 64.7 cm³/mol. The van der Waals surface area contributed by atoms with Gasteiger partial charge in [0, 0.05) is 18.6 Å². The summed E-state index contributed by atoms with van der Waals surface area (Å²) in [6.07, 6.45) is 0. The van der Waals surface area contributed by atoms with E-state index in [1.54, 1.807) is 0 Å². The van der Waals surface area contributed by atoms with Crippen LogP contribution in [0.5, 0.6) is 0 Å². The monoisotopic (exact) mass is 200 g/mol. The van der Waals surface area contributed by atoms with Crippen LogP contribution in [0.4, 0.5) is 0 Å². The number of rotatable bonds is 7. The molecule has 0 saturated carbocycles. The first-order valence-electron chi connectivity index (χ1n) is 6.00. The van der Waals surface area contributed by atoms with Crippen LogP contribution < -0.4 is 5.32 Å². The number of hydrogen-bond donors (Lipinski definition) is 1. The van der Waals surface area contributed by atoms with Gasteiger partial charge in [0.1, 0.15) is 0 Å². The topological polar surface area (TPSA) is 15.3 Å². The van der Waals surface area contributed by atoms with E-state index in [2.05, 4.69) is 51.8 Å². The standard InChI is InChI=1S/C12H28N2/c1-7-13-11(5)12(6)14(8-2)9-10(3)4/h10-13H,7-9H2,1-6H3. The smallest absolute Gasteiger partial charge is 0.0218 e. The molecule has 0 aliphatic rings. The minimum atomic E-state index is 0.582. The molecule has 2 atom stereocenters. The van der Waals surface area contributed by atoms with Gasteiger partial charge in [-0.05, 0) is 32.9 Å². The molecule has 0 amide bonds. The zero-order valence-electron chi connectivity index (χ0n) is 10.8. The second-order valence-electron chi connectivity index (χ2n) is 4.57. The molecule has 2 heteroatoms. The molecule has 0 aromatic heterocycles. The molecule has 0 spiro atoms. The molecule has 0 saturated heterocycles. The van der Waals surface area contributed by atoms with E-state index in [0.717, 1.165) is 19.0 Å². The van der Waals surface area contributed by atoms with Crippen molar-refractivity contribution in [2.45, 2.75) is 53.6 Å². The lowest BCUT2D eigenvalue weighted by atomic mass is 10.1. The second kappa shape index (κ2) is 7.24. The first kappa shape index (κ1) is 13.9. The van der Waals surface area contributed by atoms with Gasteiger partial charge in [-0.15, -0.1) is 0 Å². The Morgan fingerprint density at radius 1 is 1.07 bits per heavy atom. The summed E-state index contributed by atoms with van der Waals surface area (Å²) in [4.78, 5) is 2.55. The van der Waals surface area contributed by atoms with Gasteiger partial charge in [-0.1, -0.05) is 27.7 Å². The van der Waals surface area contributed by atoms with E-state index in [9.17, 15) is 0 Å². The van der Waals surface area contributed by atoms with Crippen molar-refractivity contribution in [1.82, 2.24) is 10.2 Å². The molecule has 1 N–H and O–H groups in total. The lowest BCUT2D eigenvalue weighted by Gasteiger charge is -2.33. The third kappa shape index (κ3) is 4.97. The fraction of sp³-hybridized carbons (Fsp3) is 1.00. The van der Waals surface area contributed by atoms with Crippen molar-refractivity contribution in [3.8, 4) is 0 Å². The minimum Gasteiger partial charge on any atom is -0.313 e. The van der Waals surface area contributed by atoms with Gasteiger partial charge >= 0.3 is 0 Å². The summed E-state index contributed by atoms with van der Waals surface area (Å²) in [7, 11) is 0. The summed E-state index contributed by atoms with van der Waals surface area (Å²) < 4.78 is 0. The number of hydrogen-bond acceptors (Lipinski definition) is 2. The average Bonchev–Trinajstić information content (AvgIpc) is 2.13. The highest BCUT2D eigenvalue weighted by Gasteiger charge is 2.18. The van der Waals surface area contributed by atoms with Gasteiger partial charge in [0.2, 0.25) is 0 Å². The van der Waals surface area contributed by atoms with Crippen molar-refractivity contribution in [2.75, 3.05) is 19.6 Å². The van der Waals surface area contributed by atoms with Gasteiger partial charge in [0.05, 0.1) is 0 Å². The Balaban J connectivity index is 4.07. The van der Waals surface area contributed by atoms with E-state index >= 15 is 0 Å². The second-order valence-corrected chi connectivity index (χ2v) is 4.57. The maximum atomic E-state index is 3.49. The van der Waals surface area contributed by atoms with Gasteiger partial charge in [-0.3, -0.25) is 4.90 Å². The van der Waals surface area contributed by atoms with Crippen LogP contribution in [-0.2, 0) is 0 Å². The highest BCUT2D eigenvalue weighted by Crippen LogP contribution is 2.07. The third-order valence-electron chi connectivity index (χ3n) is 2.83. The quantitative estimate of drug-likeness (QED) is 0.678. The van der Waals surface area contributed by atoms with Crippen LogP contribution in [0.3, 0.4) is 0 Å². The van der Waals surface area contributed by atoms with E-state index in [0.29, 0.717) is 12.1 Å². The van der Waals surface area contributed by atoms with Crippen molar-refractivity contribution in [3.63, 3.8) is 0 Å². The lowest BCUT2D eigenvalue weighted by Crippen LogP contribution is -2.47. The van der Waals surface area contributed by atoms with Crippen LogP contribution >= 0.6 is 0 Å². The molecule has 0 aliphatic heterocycles. The predicted octanol–water partition coefficient (Wildman–Crippen LogP) is 2.35. The van der Waals surface area contributed by atoms with E-state index in [1.807, 2.05) is 0 Å². The van der Waals surface area contributed by atoms with Gasteiger partial charge in [0.25, 0.3) is 0 Å². The fourth-order valence-electron chi connectivity index (χ4n) is 1.86. The molecular weight excluding hydrogens is 172 g/mol. The average molecular weight is 200 g/mol.